The van der Waals surface area contributed by atoms with Gasteiger partial charge in [0.2, 0.25) is 0 Å². The van der Waals surface area contributed by atoms with Crippen molar-refractivity contribution in [1.29, 1.82) is 0 Å². The lowest BCUT2D eigenvalue weighted by Crippen LogP contribution is -2.34. The summed E-state index contributed by atoms with van der Waals surface area (Å²) in [5.74, 6) is 0.571. The molecule has 2 N–H and O–H groups in total. The second-order valence-electron chi connectivity index (χ2n) is 9.39. The van der Waals surface area contributed by atoms with Crippen LogP contribution in [-0.2, 0) is 13.0 Å². The molecule has 176 valence electrons. The molecule has 0 radical (unpaired) electrons. The van der Waals surface area contributed by atoms with Crippen LogP contribution in [0.4, 0.5) is 10.5 Å². The summed E-state index contributed by atoms with van der Waals surface area (Å²) < 4.78 is 3.24. The number of urea groups is 1. The van der Waals surface area contributed by atoms with Crippen molar-refractivity contribution < 1.29 is 4.79 Å². The summed E-state index contributed by atoms with van der Waals surface area (Å²) in [6, 6.07) is 9.81. The largest absolute Gasteiger partial charge is 0.331 e. The lowest BCUT2D eigenvalue weighted by atomic mass is 9.92. The van der Waals surface area contributed by atoms with Gasteiger partial charge in [0.1, 0.15) is 5.00 Å². The zero-order valence-corrected chi connectivity index (χ0v) is 22.2. The highest BCUT2D eigenvalue weighted by atomic mass is 79.9. The van der Waals surface area contributed by atoms with Gasteiger partial charge in [-0.25, -0.2) is 4.79 Å². The number of anilines is 1. The van der Waals surface area contributed by atoms with Crippen molar-refractivity contribution in [2.45, 2.75) is 52.6 Å². The van der Waals surface area contributed by atoms with Crippen LogP contribution in [0.25, 0.3) is 5.00 Å². The van der Waals surface area contributed by atoms with E-state index in [9.17, 15) is 4.79 Å². The number of thiophene rings is 1. The van der Waals surface area contributed by atoms with Crippen LogP contribution in [0.15, 0.2) is 47.2 Å². The molecule has 1 aliphatic heterocycles. The molecule has 2 aromatic heterocycles. The number of aryl methyl sites for hydroxylation is 1. The zero-order chi connectivity index (χ0) is 23.5. The Morgan fingerprint density at radius 3 is 2.67 bits per heavy atom. The van der Waals surface area contributed by atoms with Crippen molar-refractivity contribution >= 4 is 39.0 Å². The number of rotatable bonds is 7. The smallest absolute Gasteiger partial charge is 0.319 e. The summed E-state index contributed by atoms with van der Waals surface area (Å²) >= 11 is 5.39. The molecule has 0 aliphatic carbocycles. The highest BCUT2D eigenvalue weighted by molar-refractivity contribution is 9.10. The van der Waals surface area contributed by atoms with Crippen molar-refractivity contribution in [3.05, 3.63) is 68.8 Å². The molecule has 1 aromatic carbocycles. The standard InChI is InChI=1S/C26H33BrN4OS/c1-17(2)7-10-22(29-26(32)28-19-8-9-21(27)18(3)15-19)24-20-11-14-30(4)16-23(20)33-25(24)31-12-5-6-13-31/h5-6,8-9,12-13,15,17,22H,7,10-11,14,16H2,1-4H3,(H2,28,29,32)/t22-/m0/s1. The molecule has 7 heteroatoms. The van der Waals surface area contributed by atoms with Gasteiger partial charge in [0, 0.05) is 46.1 Å². The average molecular weight is 530 g/mol. The summed E-state index contributed by atoms with van der Waals surface area (Å²) in [7, 11) is 2.18. The van der Waals surface area contributed by atoms with Crippen molar-refractivity contribution in [3.63, 3.8) is 0 Å². The Labute approximate surface area is 209 Å². The highest BCUT2D eigenvalue weighted by Crippen LogP contribution is 2.40. The third-order valence-corrected chi connectivity index (χ3v) is 8.35. The molecule has 1 aliphatic rings. The number of carbonyl (C=O) groups is 1. The van der Waals surface area contributed by atoms with Gasteiger partial charge in [-0.05, 0) is 80.6 Å². The molecule has 3 heterocycles. The molecular weight excluding hydrogens is 496 g/mol. The van der Waals surface area contributed by atoms with Crippen LogP contribution in [0.3, 0.4) is 0 Å². The first-order chi connectivity index (χ1) is 15.8. The maximum Gasteiger partial charge on any atom is 0.319 e. The van der Waals surface area contributed by atoms with Gasteiger partial charge in [0.05, 0.1) is 6.04 Å². The summed E-state index contributed by atoms with van der Waals surface area (Å²) in [4.78, 5) is 16.9. The van der Waals surface area contributed by atoms with Crippen molar-refractivity contribution in [1.82, 2.24) is 14.8 Å². The Morgan fingerprint density at radius 1 is 1.21 bits per heavy atom. The maximum atomic E-state index is 13.1. The molecule has 2 amide bonds. The number of nitrogens with one attached hydrogen (secondary N) is 2. The molecule has 0 fully saturated rings. The average Bonchev–Trinajstić information content (AvgIpc) is 3.41. The Kier molecular flexibility index (Phi) is 7.62. The molecule has 1 atom stereocenters. The van der Waals surface area contributed by atoms with Crippen LogP contribution in [0, 0.1) is 12.8 Å². The van der Waals surface area contributed by atoms with Gasteiger partial charge in [-0.15, -0.1) is 11.3 Å². The van der Waals surface area contributed by atoms with Crippen LogP contribution in [0.2, 0.25) is 0 Å². The number of hydrogen-bond acceptors (Lipinski definition) is 3. The number of amides is 2. The van der Waals surface area contributed by atoms with Crippen LogP contribution in [0.1, 0.15) is 54.3 Å². The van der Waals surface area contributed by atoms with Gasteiger partial charge < -0.3 is 20.1 Å². The molecule has 3 aromatic rings. The molecule has 0 saturated carbocycles. The van der Waals surface area contributed by atoms with Gasteiger partial charge in [0.15, 0.2) is 0 Å². The quantitative estimate of drug-likeness (QED) is 0.350. The normalized spacial score (nSPS) is 14.8. The number of benzene rings is 1. The Hall–Kier alpha value is -2.09. The van der Waals surface area contributed by atoms with Crippen LogP contribution in [0.5, 0.6) is 0 Å². The molecular formula is C26H33BrN4OS. The predicted octanol–water partition coefficient (Wildman–Crippen LogP) is 6.90. The van der Waals surface area contributed by atoms with Gasteiger partial charge >= 0.3 is 6.03 Å². The van der Waals surface area contributed by atoms with E-state index in [0.29, 0.717) is 5.92 Å². The first kappa shape index (κ1) is 24.0. The molecule has 33 heavy (non-hydrogen) atoms. The fourth-order valence-electron chi connectivity index (χ4n) is 4.40. The van der Waals surface area contributed by atoms with E-state index >= 15 is 0 Å². The number of likely N-dealkylation sites (N-methyl/N-ethyl adjacent to an activating group) is 1. The Balaban J connectivity index is 1.66. The number of hydrogen-bond donors (Lipinski definition) is 2. The molecule has 0 unspecified atom stereocenters. The van der Waals surface area contributed by atoms with Gasteiger partial charge in [-0.2, -0.15) is 0 Å². The third-order valence-electron chi connectivity index (χ3n) is 6.21. The molecule has 4 rings (SSSR count). The lowest BCUT2D eigenvalue weighted by molar-refractivity contribution is 0.247. The second kappa shape index (κ2) is 10.5. The van der Waals surface area contributed by atoms with Crippen LogP contribution < -0.4 is 10.6 Å². The minimum Gasteiger partial charge on any atom is -0.331 e. The van der Waals surface area contributed by atoms with E-state index in [4.69, 9.17) is 0 Å². The van der Waals surface area contributed by atoms with Crippen LogP contribution >= 0.6 is 27.3 Å². The fourth-order valence-corrected chi connectivity index (χ4v) is 6.10. The third kappa shape index (κ3) is 5.70. The number of fused-ring (bicyclic) bond motifs is 1. The first-order valence-electron chi connectivity index (χ1n) is 11.6. The maximum absolute atomic E-state index is 13.1. The number of aromatic nitrogens is 1. The van der Waals surface area contributed by atoms with Crippen molar-refractivity contribution in [3.8, 4) is 5.00 Å². The Bertz CT molecular complexity index is 1110. The lowest BCUT2D eigenvalue weighted by Gasteiger charge is -2.26. The second-order valence-corrected chi connectivity index (χ2v) is 11.3. The zero-order valence-electron chi connectivity index (χ0n) is 19.8. The molecule has 5 nitrogen and oxygen atoms in total. The summed E-state index contributed by atoms with van der Waals surface area (Å²) in [6.45, 7) is 8.52. The van der Waals surface area contributed by atoms with Gasteiger partial charge in [-0.3, -0.25) is 0 Å². The number of halogens is 1. The predicted molar refractivity (Wildman–Crippen MR) is 142 cm³/mol. The fraction of sp³-hybridized carbons (Fsp3) is 0.423. The molecule has 0 saturated heterocycles. The number of carbonyl (C=O) groups excluding carboxylic acids is 1. The van der Waals surface area contributed by atoms with Crippen molar-refractivity contribution in [2.75, 3.05) is 18.9 Å². The molecule has 0 spiro atoms. The SMILES string of the molecule is Cc1cc(NC(=O)N[C@@H](CCC(C)C)c2c(-n3cccc3)sc3c2CCN(C)C3)ccc1Br. The van der Waals surface area contributed by atoms with Crippen LogP contribution in [-0.4, -0.2) is 29.1 Å². The van der Waals surface area contributed by atoms with Crippen molar-refractivity contribution in [2.24, 2.45) is 5.92 Å². The van der Waals surface area contributed by atoms with Gasteiger partial charge in [-0.1, -0.05) is 29.8 Å². The van der Waals surface area contributed by atoms with E-state index in [1.54, 1.807) is 0 Å². The van der Waals surface area contributed by atoms with E-state index in [1.807, 2.05) is 36.5 Å². The van der Waals surface area contributed by atoms with E-state index in [1.165, 1.54) is 21.0 Å². The topological polar surface area (TPSA) is 49.3 Å². The van der Waals surface area contributed by atoms with E-state index in [2.05, 4.69) is 81.5 Å². The summed E-state index contributed by atoms with van der Waals surface area (Å²) in [5.41, 5.74) is 4.61. The van der Waals surface area contributed by atoms with E-state index in [-0.39, 0.29) is 12.1 Å². The van der Waals surface area contributed by atoms with Gasteiger partial charge in [0.25, 0.3) is 0 Å². The highest BCUT2D eigenvalue weighted by Gasteiger charge is 2.29. The molecule has 0 bridgehead atoms. The first-order valence-corrected chi connectivity index (χ1v) is 13.2. The Morgan fingerprint density at radius 2 is 1.97 bits per heavy atom. The number of nitrogens with zero attached hydrogens (tertiary/aromatic N) is 2. The minimum atomic E-state index is -0.156. The van der Waals surface area contributed by atoms with E-state index in [0.717, 1.165) is 48.1 Å². The minimum absolute atomic E-state index is 0.0373. The summed E-state index contributed by atoms with van der Waals surface area (Å²) in [6.07, 6.45) is 7.20. The summed E-state index contributed by atoms with van der Waals surface area (Å²) in [5, 5.41) is 7.62. The monoisotopic (exact) mass is 528 g/mol. The van der Waals surface area contributed by atoms with E-state index < -0.39 is 0 Å².